The fourth-order valence-corrected chi connectivity index (χ4v) is 2.99. The van der Waals surface area contributed by atoms with Crippen molar-refractivity contribution in [1.29, 1.82) is 0 Å². The molecule has 0 bridgehead atoms. The van der Waals surface area contributed by atoms with Crippen LogP contribution < -0.4 is 5.32 Å². The van der Waals surface area contributed by atoms with Crippen LogP contribution >= 0.6 is 39.0 Å². The number of rotatable bonds is 4. The van der Waals surface area contributed by atoms with E-state index in [1.807, 2.05) is 0 Å². The van der Waals surface area contributed by atoms with Gasteiger partial charge < -0.3 is 5.32 Å². The molecule has 0 unspecified atom stereocenters. The van der Waals surface area contributed by atoms with Crippen LogP contribution in [-0.2, 0) is 0 Å². The number of thiophene rings is 1. The predicted molar refractivity (Wildman–Crippen MR) is 78.3 cm³/mol. The highest BCUT2D eigenvalue weighted by Gasteiger charge is 2.09. The number of carbonyl (C=O) groups excluding carboxylic acids is 1. The molecule has 19 heavy (non-hydrogen) atoms. The van der Waals surface area contributed by atoms with E-state index in [1.165, 1.54) is 11.3 Å². The Kier molecular flexibility index (Phi) is 4.95. The van der Waals surface area contributed by atoms with Gasteiger partial charge >= 0.3 is 0 Å². The zero-order valence-electron chi connectivity index (χ0n) is 9.40. The van der Waals surface area contributed by atoms with Gasteiger partial charge in [0, 0.05) is 16.0 Å². The Morgan fingerprint density at radius 3 is 2.53 bits per heavy atom. The summed E-state index contributed by atoms with van der Waals surface area (Å²) in [4.78, 5) is 12.3. The lowest BCUT2D eigenvalue weighted by Crippen LogP contribution is -2.10. The molecular formula is C12H8BrF2NOS2. The van der Waals surface area contributed by atoms with Crippen molar-refractivity contribution >= 4 is 50.6 Å². The third-order valence-corrected chi connectivity index (χ3v) is 4.39. The minimum Gasteiger partial charge on any atom is -0.322 e. The normalized spacial score (nSPS) is 10.7. The van der Waals surface area contributed by atoms with Crippen molar-refractivity contribution in [2.45, 2.75) is 10.7 Å². The Balaban J connectivity index is 2.01. The monoisotopic (exact) mass is 363 g/mol. The Hall–Kier alpha value is -0.920. The van der Waals surface area contributed by atoms with Crippen LogP contribution in [0.15, 0.2) is 44.4 Å². The summed E-state index contributed by atoms with van der Waals surface area (Å²) in [6.45, 7) is 0. The van der Waals surface area contributed by atoms with E-state index < -0.39 is 5.76 Å². The Labute approximate surface area is 125 Å². The van der Waals surface area contributed by atoms with E-state index in [4.69, 9.17) is 0 Å². The number of halogens is 3. The molecule has 0 saturated carbocycles. The number of alkyl halides is 2. The highest BCUT2D eigenvalue weighted by Crippen LogP contribution is 2.26. The predicted octanol–water partition coefficient (Wildman–Crippen LogP) is 5.08. The molecule has 2 nitrogen and oxygen atoms in total. The number of anilines is 1. The summed E-state index contributed by atoms with van der Waals surface area (Å²) in [6, 6.07) is 8.03. The van der Waals surface area contributed by atoms with Crippen LogP contribution in [0.3, 0.4) is 0 Å². The largest absolute Gasteiger partial charge is 0.322 e. The van der Waals surface area contributed by atoms with Crippen LogP contribution in [-0.4, -0.2) is 11.7 Å². The van der Waals surface area contributed by atoms with Gasteiger partial charge in [0.25, 0.3) is 11.7 Å². The van der Waals surface area contributed by atoms with Crippen LogP contribution in [0.25, 0.3) is 0 Å². The number of hydrogen-bond acceptors (Lipinski definition) is 3. The molecule has 1 N–H and O–H groups in total. The maximum atomic E-state index is 12.1. The van der Waals surface area contributed by atoms with Crippen LogP contribution in [0.4, 0.5) is 14.5 Å². The van der Waals surface area contributed by atoms with Gasteiger partial charge in [0.2, 0.25) is 0 Å². The van der Waals surface area contributed by atoms with Gasteiger partial charge in [0.05, 0.1) is 9.35 Å². The van der Waals surface area contributed by atoms with Crippen LogP contribution in [0.5, 0.6) is 0 Å². The van der Waals surface area contributed by atoms with Crippen molar-refractivity contribution in [2.75, 3.05) is 5.32 Å². The molecule has 1 aromatic carbocycles. The number of thioether (sulfide) groups is 1. The van der Waals surface area contributed by atoms with Gasteiger partial charge in [0.1, 0.15) is 0 Å². The average Bonchev–Trinajstić information content (AvgIpc) is 2.78. The maximum absolute atomic E-state index is 12.1. The lowest BCUT2D eigenvalue weighted by atomic mass is 10.3. The van der Waals surface area contributed by atoms with E-state index in [9.17, 15) is 13.6 Å². The highest BCUT2D eigenvalue weighted by molar-refractivity contribution is 9.11. The molecule has 0 aliphatic heterocycles. The standard InChI is InChI=1S/C12H8BrF2NOS2/c13-10-5-7(6-18-10)11(17)16-8-1-3-9(4-2-8)19-12(14)15/h1-6,12H,(H,16,17). The lowest BCUT2D eigenvalue weighted by Gasteiger charge is -2.05. The van der Waals surface area contributed by atoms with Gasteiger partial charge in [0.15, 0.2) is 0 Å². The van der Waals surface area contributed by atoms with Crippen molar-refractivity contribution in [3.8, 4) is 0 Å². The zero-order valence-corrected chi connectivity index (χ0v) is 12.6. The first-order valence-electron chi connectivity index (χ1n) is 5.15. The molecular weight excluding hydrogens is 356 g/mol. The number of nitrogens with one attached hydrogen (secondary N) is 1. The molecule has 2 aromatic rings. The molecule has 0 atom stereocenters. The van der Waals surface area contributed by atoms with Gasteiger partial charge in [-0.2, -0.15) is 8.78 Å². The smallest absolute Gasteiger partial charge is 0.288 e. The molecule has 0 saturated heterocycles. The molecule has 1 amide bonds. The Morgan fingerprint density at radius 2 is 2.00 bits per heavy atom. The third kappa shape index (κ3) is 4.29. The highest BCUT2D eigenvalue weighted by atomic mass is 79.9. The first kappa shape index (κ1) is 14.5. The lowest BCUT2D eigenvalue weighted by molar-refractivity contribution is 0.102. The number of hydrogen-bond donors (Lipinski definition) is 1. The zero-order chi connectivity index (χ0) is 13.8. The second-order valence-electron chi connectivity index (χ2n) is 3.50. The van der Waals surface area contributed by atoms with Crippen LogP contribution in [0, 0.1) is 0 Å². The fourth-order valence-electron chi connectivity index (χ4n) is 1.35. The summed E-state index contributed by atoms with van der Waals surface area (Å²) in [5.74, 6) is -2.67. The van der Waals surface area contributed by atoms with Crippen LogP contribution in [0.1, 0.15) is 10.4 Å². The maximum Gasteiger partial charge on any atom is 0.288 e. The third-order valence-electron chi connectivity index (χ3n) is 2.17. The number of amides is 1. The number of benzene rings is 1. The molecule has 100 valence electrons. The van der Waals surface area contributed by atoms with Crippen molar-refractivity contribution in [1.82, 2.24) is 0 Å². The molecule has 0 aliphatic rings. The number of carbonyl (C=O) groups is 1. The quantitative estimate of drug-likeness (QED) is 0.767. The molecule has 0 spiro atoms. The van der Waals surface area contributed by atoms with E-state index in [0.717, 1.165) is 3.79 Å². The second-order valence-corrected chi connectivity index (χ2v) is 6.85. The summed E-state index contributed by atoms with van der Waals surface area (Å²) >= 11 is 5.18. The summed E-state index contributed by atoms with van der Waals surface area (Å²) < 4.78 is 25.2. The van der Waals surface area contributed by atoms with Gasteiger partial charge in [-0.3, -0.25) is 4.79 Å². The molecule has 2 rings (SSSR count). The van der Waals surface area contributed by atoms with Crippen molar-refractivity contribution < 1.29 is 13.6 Å². The van der Waals surface area contributed by atoms with Crippen molar-refractivity contribution in [3.05, 3.63) is 45.1 Å². The van der Waals surface area contributed by atoms with Gasteiger partial charge in [-0.15, -0.1) is 11.3 Å². The molecule has 7 heteroatoms. The fraction of sp³-hybridized carbons (Fsp3) is 0.0833. The molecule has 0 fully saturated rings. The van der Waals surface area contributed by atoms with E-state index >= 15 is 0 Å². The Morgan fingerprint density at radius 1 is 1.32 bits per heavy atom. The second kappa shape index (κ2) is 6.49. The summed E-state index contributed by atoms with van der Waals surface area (Å²) in [5, 5.41) is 4.44. The summed E-state index contributed by atoms with van der Waals surface area (Å²) in [5.41, 5.74) is 1.13. The molecule has 0 aliphatic carbocycles. The van der Waals surface area contributed by atoms with Crippen LogP contribution in [0.2, 0.25) is 0 Å². The van der Waals surface area contributed by atoms with E-state index in [-0.39, 0.29) is 5.91 Å². The van der Waals surface area contributed by atoms with E-state index in [1.54, 1.807) is 35.7 Å². The molecule has 1 aromatic heterocycles. The SMILES string of the molecule is O=C(Nc1ccc(SC(F)F)cc1)c1csc(Br)c1. The van der Waals surface area contributed by atoms with Gasteiger partial charge in [-0.05, 0) is 46.3 Å². The van der Waals surface area contributed by atoms with Gasteiger partial charge in [-0.25, -0.2) is 0 Å². The Bertz CT molecular complexity index is 571. The summed E-state index contributed by atoms with van der Waals surface area (Å²) in [6.07, 6.45) is 0. The molecule has 1 heterocycles. The molecule has 0 radical (unpaired) electrons. The average molecular weight is 364 g/mol. The minimum absolute atomic E-state index is 0.226. The first-order chi connectivity index (χ1) is 9.04. The van der Waals surface area contributed by atoms with E-state index in [2.05, 4.69) is 21.2 Å². The minimum atomic E-state index is -2.44. The van der Waals surface area contributed by atoms with Crippen molar-refractivity contribution in [2.24, 2.45) is 0 Å². The van der Waals surface area contributed by atoms with Crippen molar-refractivity contribution in [3.63, 3.8) is 0 Å². The topological polar surface area (TPSA) is 29.1 Å². The first-order valence-corrected chi connectivity index (χ1v) is 7.70. The van der Waals surface area contributed by atoms with E-state index in [0.29, 0.717) is 27.9 Å². The summed E-state index contributed by atoms with van der Waals surface area (Å²) in [7, 11) is 0. The van der Waals surface area contributed by atoms with Gasteiger partial charge in [-0.1, -0.05) is 11.8 Å².